The first-order valence-corrected chi connectivity index (χ1v) is 7.21. The largest absolute Gasteiger partial charge is 0.294 e. The summed E-state index contributed by atoms with van der Waals surface area (Å²) in [5, 5.41) is 0. The van der Waals surface area contributed by atoms with E-state index in [-0.39, 0.29) is 4.70 Å². The molecule has 1 heterocycles. The van der Waals surface area contributed by atoms with Crippen molar-refractivity contribution in [2.24, 2.45) is 0 Å². The summed E-state index contributed by atoms with van der Waals surface area (Å²) in [5.74, 6) is 0. The lowest BCUT2D eigenvalue weighted by Gasteiger charge is -2.25. The Balaban J connectivity index is -0.000000409. The summed E-state index contributed by atoms with van der Waals surface area (Å²) in [5.41, 5.74) is 1.23. The Kier molecular flexibility index (Phi) is 18.1. The number of halogens is 1. The first-order valence-electron chi connectivity index (χ1n) is 7.21. The molecule has 0 amide bonds. The summed E-state index contributed by atoms with van der Waals surface area (Å²) < 4.78 is 0. The second kappa shape index (κ2) is 14.4. The zero-order valence-electron chi connectivity index (χ0n) is 13.5. The Bertz CT molecular complexity index is 201. The molecule has 1 nitrogen and oxygen atoms in total. The minimum Gasteiger partial charge on any atom is -0.294 e. The fourth-order valence-electron chi connectivity index (χ4n) is 2.08. The predicted molar refractivity (Wildman–Crippen MR) is 84.0 cm³/mol. The third-order valence-corrected chi connectivity index (χ3v) is 2.92. The second-order valence-electron chi connectivity index (χ2n) is 4.11. The standard InChI is InChI=1S/C12H21N.2C2H6.FH/c1-5-6-10(2)9-13-11(3)7-8-12(13)4;2*1-2;/h5-6,11-12H,2,7-9H2,1,3-4H3;2*1-2H3;1H/b6-5-;;;. The van der Waals surface area contributed by atoms with Crippen molar-refractivity contribution in [3.05, 3.63) is 24.3 Å². The van der Waals surface area contributed by atoms with Gasteiger partial charge in [-0.05, 0) is 39.2 Å². The van der Waals surface area contributed by atoms with Gasteiger partial charge in [0.2, 0.25) is 0 Å². The lowest BCUT2D eigenvalue weighted by atomic mass is 10.2. The van der Waals surface area contributed by atoms with E-state index in [1.807, 2.05) is 34.6 Å². The van der Waals surface area contributed by atoms with Crippen LogP contribution >= 0.6 is 0 Å². The fraction of sp³-hybridized carbons (Fsp3) is 0.750. The third-order valence-electron chi connectivity index (χ3n) is 2.92. The molecule has 1 rings (SSSR count). The summed E-state index contributed by atoms with van der Waals surface area (Å²) in [6.45, 7) is 19.8. The van der Waals surface area contributed by atoms with E-state index in [1.54, 1.807) is 0 Å². The molecule has 0 spiro atoms. The first-order chi connectivity index (χ1) is 8.15. The van der Waals surface area contributed by atoms with Crippen LogP contribution < -0.4 is 0 Å². The van der Waals surface area contributed by atoms with Crippen molar-refractivity contribution >= 4 is 0 Å². The Hall–Kier alpha value is -0.630. The summed E-state index contributed by atoms with van der Waals surface area (Å²) in [6.07, 6.45) is 6.85. The summed E-state index contributed by atoms with van der Waals surface area (Å²) in [6, 6.07) is 1.47. The molecule has 0 bridgehead atoms. The topological polar surface area (TPSA) is 3.24 Å². The summed E-state index contributed by atoms with van der Waals surface area (Å²) in [4.78, 5) is 2.54. The van der Waals surface area contributed by atoms with E-state index in [9.17, 15) is 0 Å². The molecule has 0 aromatic rings. The van der Waals surface area contributed by atoms with Crippen LogP contribution in [-0.4, -0.2) is 23.5 Å². The number of hydrogen-bond donors (Lipinski definition) is 0. The molecule has 2 unspecified atom stereocenters. The number of nitrogens with zero attached hydrogens (tertiary/aromatic N) is 1. The van der Waals surface area contributed by atoms with Gasteiger partial charge in [0.1, 0.15) is 0 Å². The maximum atomic E-state index is 4.05. The second-order valence-corrected chi connectivity index (χ2v) is 4.11. The van der Waals surface area contributed by atoms with Crippen molar-refractivity contribution in [2.45, 2.75) is 73.4 Å². The summed E-state index contributed by atoms with van der Waals surface area (Å²) >= 11 is 0. The molecule has 1 aliphatic rings. The Morgan fingerprint density at radius 1 is 1.11 bits per heavy atom. The monoisotopic (exact) mass is 259 g/mol. The summed E-state index contributed by atoms with van der Waals surface area (Å²) in [7, 11) is 0. The van der Waals surface area contributed by atoms with Crippen molar-refractivity contribution in [1.82, 2.24) is 4.90 Å². The van der Waals surface area contributed by atoms with Gasteiger partial charge in [0, 0.05) is 18.6 Å². The van der Waals surface area contributed by atoms with Gasteiger partial charge in [-0.15, -0.1) is 0 Å². The molecule has 1 saturated heterocycles. The van der Waals surface area contributed by atoms with Gasteiger partial charge in [0.05, 0.1) is 0 Å². The van der Waals surface area contributed by atoms with E-state index in [2.05, 4.69) is 37.5 Å². The molecule has 0 N–H and O–H groups in total. The van der Waals surface area contributed by atoms with Gasteiger partial charge >= 0.3 is 0 Å². The quantitative estimate of drug-likeness (QED) is 0.630. The van der Waals surface area contributed by atoms with Gasteiger partial charge in [-0.25, -0.2) is 0 Å². The van der Waals surface area contributed by atoms with E-state index in [4.69, 9.17) is 0 Å². The molecule has 0 aliphatic carbocycles. The number of hydrogen-bond acceptors (Lipinski definition) is 1. The molecule has 2 heteroatoms. The fourth-order valence-corrected chi connectivity index (χ4v) is 2.08. The Labute approximate surface area is 114 Å². The highest BCUT2D eigenvalue weighted by Gasteiger charge is 2.26. The van der Waals surface area contributed by atoms with Crippen LogP contribution in [0.15, 0.2) is 24.3 Å². The van der Waals surface area contributed by atoms with Crippen LogP contribution in [0, 0.1) is 0 Å². The molecule has 2 atom stereocenters. The molecule has 110 valence electrons. The first kappa shape index (κ1) is 22.5. The lowest BCUT2D eigenvalue weighted by Crippen LogP contribution is -2.33. The van der Waals surface area contributed by atoms with Crippen LogP contribution in [0.25, 0.3) is 0 Å². The smallest absolute Gasteiger partial charge is 0.0233 e. The van der Waals surface area contributed by atoms with Gasteiger partial charge in [0.25, 0.3) is 0 Å². The molecule has 0 radical (unpaired) electrons. The van der Waals surface area contributed by atoms with Crippen molar-refractivity contribution in [3.63, 3.8) is 0 Å². The van der Waals surface area contributed by atoms with Gasteiger partial charge < -0.3 is 0 Å². The van der Waals surface area contributed by atoms with E-state index in [1.165, 1.54) is 18.4 Å². The maximum Gasteiger partial charge on any atom is 0.0233 e. The van der Waals surface area contributed by atoms with Crippen LogP contribution in [0.4, 0.5) is 4.70 Å². The van der Waals surface area contributed by atoms with Gasteiger partial charge in [-0.1, -0.05) is 46.4 Å². The zero-order valence-corrected chi connectivity index (χ0v) is 13.5. The molecule has 0 aromatic heterocycles. The SMILES string of the molecule is C=C(/C=C\C)CN1C(C)CCC1C.CC.CC.F. The highest BCUT2D eigenvalue weighted by molar-refractivity contribution is 5.16. The zero-order chi connectivity index (χ0) is 13.8. The maximum absolute atomic E-state index is 4.05. The number of allylic oxidation sites excluding steroid dienone is 1. The molecule has 1 aliphatic heterocycles. The van der Waals surface area contributed by atoms with E-state index < -0.39 is 0 Å². The number of rotatable bonds is 3. The Morgan fingerprint density at radius 2 is 1.50 bits per heavy atom. The van der Waals surface area contributed by atoms with Gasteiger partial charge in [-0.2, -0.15) is 0 Å². The highest BCUT2D eigenvalue weighted by atomic mass is 19.0. The van der Waals surface area contributed by atoms with Crippen molar-refractivity contribution in [3.8, 4) is 0 Å². The Morgan fingerprint density at radius 3 is 1.83 bits per heavy atom. The minimum absolute atomic E-state index is 0. The van der Waals surface area contributed by atoms with E-state index in [0.717, 1.165) is 18.6 Å². The van der Waals surface area contributed by atoms with Crippen LogP contribution in [0.2, 0.25) is 0 Å². The molecule has 1 fully saturated rings. The average Bonchev–Trinajstić information content (AvgIpc) is 2.66. The van der Waals surface area contributed by atoms with Crippen molar-refractivity contribution in [1.29, 1.82) is 0 Å². The van der Waals surface area contributed by atoms with Crippen molar-refractivity contribution < 1.29 is 4.70 Å². The average molecular weight is 259 g/mol. The molecule has 0 aromatic carbocycles. The van der Waals surface area contributed by atoms with Gasteiger partial charge in [0.15, 0.2) is 0 Å². The van der Waals surface area contributed by atoms with Crippen LogP contribution in [0.5, 0.6) is 0 Å². The molecular weight excluding hydrogens is 225 g/mol. The highest BCUT2D eigenvalue weighted by Crippen LogP contribution is 2.24. The lowest BCUT2D eigenvalue weighted by molar-refractivity contribution is 0.235. The normalized spacial score (nSPS) is 22.4. The molecular formula is C16H34FN. The van der Waals surface area contributed by atoms with E-state index in [0.29, 0.717) is 0 Å². The minimum atomic E-state index is 0. The number of likely N-dealkylation sites (tertiary alicyclic amines) is 1. The molecule has 0 saturated carbocycles. The van der Waals surface area contributed by atoms with E-state index >= 15 is 0 Å². The van der Waals surface area contributed by atoms with Crippen molar-refractivity contribution in [2.75, 3.05) is 6.54 Å². The van der Waals surface area contributed by atoms with Gasteiger partial charge in [-0.3, -0.25) is 9.60 Å². The van der Waals surface area contributed by atoms with Crippen LogP contribution in [0.3, 0.4) is 0 Å². The van der Waals surface area contributed by atoms with Crippen LogP contribution in [0.1, 0.15) is 61.3 Å². The van der Waals surface area contributed by atoms with Crippen LogP contribution in [-0.2, 0) is 0 Å². The third kappa shape index (κ3) is 8.46. The molecule has 18 heavy (non-hydrogen) atoms. The predicted octanol–water partition coefficient (Wildman–Crippen LogP) is 5.20.